The molecule has 1 aromatic heterocycles. The van der Waals surface area contributed by atoms with E-state index in [4.69, 9.17) is 9.47 Å². The molecule has 0 radical (unpaired) electrons. The number of aliphatic imine (C=N–C) groups is 1. The summed E-state index contributed by atoms with van der Waals surface area (Å²) in [6.07, 6.45) is 0.806. The molecule has 0 aliphatic carbocycles. The molecule has 1 aliphatic rings. The lowest BCUT2D eigenvalue weighted by molar-refractivity contribution is 0.244. The molecule has 152 valence electrons. The summed E-state index contributed by atoms with van der Waals surface area (Å²) >= 11 is 1.72. The number of fused-ring (bicyclic) bond motifs is 1. The summed E-state index contributed by atoms with van der Waals surface area (Å²) in [4.78, 5) is 8.13. The van der Waals surface area contributed by atoms with Crippen LogP contribution >= 0.6 is 11.8 Å². The van der Waals surface area contributed by atoms with Gasteiger partial charge >= 0.3 is 0 Å². The number of aliphatic hydroxyl groups is 1. The Morgan fingerprint density at radius 2 is 1.97 bits per heavy atom. The van der Waals surface area contributed by atoms with Crippen molar-refractivity contribution < 1.29 is 14.6 Å². The Morgan fingerprint density at radius 3 is 2.69 bits per heavy atom. The fourth-order valence-corrected chi connectivity index (χ4v) is 4.38. The third-order valence-corrected chi connectivity index (χ3v) is 5.97. The zero-order valence-corrected chi connectivity index (χ0v) is 17.8. The van der Waals surface area contributed by atoms with Crippen LogP contribution in [0.3, 0.4) is 0 Å². The lowest BCUT2D eigenvalue weighted by atomic mass is 10.2. The highest BCUT2D eigenvalue weighted by Gasteiger charge is 2.22. The third kappa shape index (κ3) is 4.60. The molecule has 5 nitrogen and oxygen atoms in total. The van der Waals surface area contributed by atoms with Crippen LogP contribution < -0.4 is 9.47 Å². The summed E-state index contributed by atoms with van der Waals surface area (Å²) in [6.45, 7) is 7.02. The van der Waals surface area contributed by atoms with E-state index in [2.05, 4.69) is 23.0 Å². The molecule has 2 heterocycles. The molecule has 2 N–H and O–H groups in total. The Bertz CT molecular complexity index is 1020. The molecule has 29 heavy (non-hydrogen) atoms. The van der Waals surface area contributed by atoms with Crippen molar-refractivity contribution in [3.05, 3.63) is 53.7 Å². The van der Waals surface area contributed by atoms with E-state index in [9.17, 15) is 5.11 Å². The molecule has 0 bridgehead atoms. The molecule has 1 atom stereocenters. The highest BCUT2D eigenvalue weighted by atomic mass is 32.2. The molecule has 4 rings (SSSR count). The summed E-state index contributed by atoms with van der Waals surface area (Å²) in [5.74, 6) is 2.30. The van der Waals surface area contributed by atoms with Gasteiger partial charge in [0.2, 0.25) is 0 Å². The van der Waals surface area contributed by atoms with Crippen LogP contribution in [-0.2, 0) is 0 Å². The van der Waals surface area contributed by atoms with Gasteiger partial charge in [-0.15, -0.1) is 0 Å². The van der Waals surface area contributed by atoms with Crippen LogP contribution in [0.4, 0.5) is 0 Å². The number of aromatic amines is 1. The highest BCUT2D eigenvalue weighted by molar-refractivity contribution is 8.15. The van der Waals surface area contributed by atoms with Crippen molar-refractivity contribution in [1.82, 2.24) is 4.98 Å². The van der Waals surface area contributed by atoms with Crippen LogP contribution in [0.5, 0.6) is 17.2 Å². The van der Waals surface area contributed by atoms with E-state index in [0.717, 1.165) is 51.9 Å². The van der Waals surface area contributed by atoms with Gasteiger partial charge in [0.15, 0.2) is 0 Å². The first-order valence-electron chi connectivity index (χ1n) is 9.92. The lowest BCUT2D eigenvalue weighted by Gasteiger charge is -2.13. The van der Waals surface area contributed by atoms with Gasteiger partial charge in [0.05, 0.1) is 23.9 Å². The Balaban J connectivity index is 1.67. The minimum Gasteiger partial charge on any atom is -0.489 e. The van der Waals surface area contributed by atoms with Crippen molar-refractivity contribution in [2.75, 3.05) is 13.2 Å². The Hall–Kier alpha value is -2.44. The van der Waals surface area contributed by atoms with Gasteiger partial charge in [-0.3, -0.25) is 4.99 Å². The zero-order valence-electron chi connectivity index (χ0n) is 16.9. The average molecular weight is 411 g/mol. The van der Waals surface area contributed by atoms with Crippen molar-refractivity contribution in [3.63, 3.8) is 0 Å². The second-order valence-corrected chi connectivity index (χ2v) is 8.84. The Morgan fingerprint density at radius 1 is 1.17 bits per heavy atom. The molecule has 0 saturated heterocycles. The van der Waals surface area contributed by atoms with Gasteiger partial charge in [-0.1, -0.05) is 29.5 Å². The number of nitrogens with one attached hydrogen (secondary N) is 1. The molecule has 2 aromatic carbocycles. The molecule has 0 spiro atoms. The van der Waals surface area contributed by atoms with E-state index in [1.165, 1.54) is 5.56 Å². The quantitative estimate of drug-likeness (QED) is 0.555. The second kappa shape index (κ2) is 8.51. The first-order chi connectivity index (χ1) is 14.0. The first-order valence-corrected chi connectivity index (χ1v) is 10.8. The summed E-state index contributed by atoms with van der Waals surface area (Å²) in [5, 5.41) is 11.5. The van der Waals surface area contributed by atoms with Crippen molar-refractivity contribution in [2.24, 2.45) is 4.99 Å². The number of aromatic nitrogens is 1. The fraction of sp³-hybridized carbons (Fsp3) is 0.348. The lowest BCUT2D eigenvalue weighted by Crippen LogP contribution is -2.06. The number of nitrogens with zero attached hydrogens (tertiary/aromatic N) is 1. The monoisotopic (exact) mass is 410 g/mol. The smallest absolute Gasteiger partial charge is 0.147 e. The predicted octanol–water partition coefficient (Wildman–Crippen LogP) is 5.30. The van der Waals surface area contributed by atoms with Crippen LogP contribution in [0.15, 0.2) is 47.5 Å². The molecular weight excluding hydrogens is 384 g/mol. The van der Waals surface area contributed by atoms with Gasteiger partial charge in [-0.25, -0.2) is 0 Å². The molecule has 6 heteroatoms. The fourth-order valence-electron chi connectivity index (χ4n) is 3.31. The number of thioether (sulfide) groups is 1. The number of aryl methyl sites for hydroxylation is 1. The van der Waals surface area contributed by atoms with E-state index in [1.807, 2.05) is 50.2 Å². The topological polar surface area (TPSA) is 66.8 Å². The highest BCUT2D eigenvalue weighted by Crippen LogP contribution is 2.36. The molecule has 1 unspecified atom stereocenters. The van der Waals surface area contributed by atoms with Gasteiger partial charge in [-0.05, 0) is 51.5 Å². The maximum absolute atomic E-state index is 9.18. The van der Waals surface area contributed by atoms with Gasteiger partial charge in [0, 0.05) is 23.3 Å². The maximum atomic E-state index is 9.18. The second-order valence-electron chi connectivity index (χ2n) is 7.55. The number of H-pyrrole nitrogens is 1. The van der Waals surface area contributed by atoms with Crippen molar-refractivity contribution >= 4 is 27.7 Å². The minimum atomic E-state index is 0.0479. The van der Waals surface area contributed by atoms with Crippen LogP contribution in [0.2, 0.25) is 0 Å². The molecule has 0 saturated carbocycles. The van der Waals surface area contributed by atoms with Gasteiger partial charge in [0.25, 0.3) is 0 Å². The van der Waals surface area contributed by atoms with Crippen molar-refractivity contribution in [3.8, 4) is 17.2 Å². The molecule has 1 aliphatic heterocycles. The number of benzene rings is 2. The third-order valence-electron chi connectivity index (χ3n) is 4.68. The molecule has 0 amide bonds. The Labute approximate surface area is 175 Å². The van der Waals surface area contributed by atoms with Crippen molar-refractivity contribution in [1.29, 1.82) is 0 Å². The number of aliphatic hydroxyl groups excluding tert-OH is 1. The van der Waals surface area contributed by atoms with Gasteiger partial charge in [0.1, 0.15) is 22.3 Å². The molecular formula is C23H26N2O3S. The van der Waals surface area contributed by atoms with E-state index < -0.39 is 0 Å². The summed E-state index contributed by atoms with van der Waals surface area (Å²) in [5.41, 5.74) is 3.12. The maximum Gasteiger partial charge on any atom is 0.147 e. The Kier molecular flexibility index (Phi) is 5.83. The largest absolute Gasteiger partial charge is 0.489 e. The van der Waals surface area contributed by atoms with Crippen molar-refractivity contribution in [2.45, 2.75) is 38.5 Å². The molecule has 3 aromatic rings. The normalized spacial score (nSPS) is 16.4. The van der Waals surface area contributed by atoms with Crippen LogP contribution in [-0.4, -0.2) is 39.6 Å². The van der Waals surface area contributed by atoms with E-state index >= 15 is 0 Å². The summed E-state index contributed by atoms with van der Waals surface area (Å²) < 4.78 is 12.2. The summed E-state index contributed by atoms with van der Waals surface area (Å²) in [7, 11) is 0. The van der Waals surface area contributed by atoms with Crippen LogP contribution in [0, 0.1) is 6.92 Å². The summed E-state index contributed by atoms with van der Waals surface area (Å²) in [6, 6.07) is 14.1. The predicted molar refractivity (Wildman–Crippen MR) is 120 cm³/mol. The van der Waals surface area contributed by atoms with Crippen LogP contribution in [0.25, 0.3) is 10.9 Å². The van der Waals surface area contributed by atoms with E-state index in [1.54, 1.807) is 11.8 Å². The number of hydrogen-bond donors (Lipinski definition) is 2. The van der Waals surface area contributed by atoms with E-state index in [-0.39, 0.29) is 12.7 Å². The number of rotatable bonds is 7. The number of ether oxygens (including phenoxy) is 2. The van der Waals surface area contributed by atoms with E-state index in [0.29, 0.717) is 5.25 Å². The SMILES string of the molecule is Cc1ccc(Oc2cc(OC(C)C)c3[nH]c(C4=NCC(CCO)S4)cc3c2)cc1. The standard InChI is InChI=1S/C23H26N2O3S/c1-14(2)27-21-12-18(28-17-6-4-15(3)5-7-17)10-16-11-20(25-22(16)21)23-24-13-19(29-23)8-9-26/h4-7,10-12,14,19,25-26H,8-9,13H2,1-3H3. The first kappa shape index (κ1) is 19.9. The van der Waals surface area contributed by atoms with Gasteiger partial charge < -0.3 is 19.6 Å². The number of hydrogen-bond acceptors (Lipinski definition) is 5. The van der Waals surface area contributed by atoms with Crippen LogP contribution in [0.1, 0.15) is 31.5 Å². The van der Waals surface area contributed by atoms with Gasteiger partial charge in [-0.2, -0.15) is 0 Å². The minimum absolute atomic E-state index is 0.0479. The molecule has 0 fully saturated rings. The average Bonchev–Trinajstić information content (AvgIpc) is 3.30. The zero-order chi connectivity index (χ0) is 20.4.